The van der Waals surface area contributed by atoms with Gasteiger partial charge in [0.05, 0.1) is 24.3 Å². The topological polar surface area (TPSA) is 142 Å². The Morgan fingerprint density at radius 1 is 1.43 bits per heavy atom. The van der Waals surface area contributed by atoms with Gasteiger partial charge in [-0.2, -0.15) is 0 Å². The number of sulfonamides is 1. The lowest BCUT2D eigenvalue weighted by Crippen LogP contribution is -2.54. The van der Waals surface area contributed by atoms with Crippen molar-refractivity contribution in [2.24, 2.45) is 0 Å². The van der Waals surface area contributed by atoms with E-state index >= 15 is 0 Å². The highest BCUT2D eigenvalue weighted by atomic mass is 32.2. The number of carbonyl (C=O) groups is 2. The summed E-state index contributed by atoms with van der Waals surface area (Å²) in [5, 5.41) is 21.5. The van der Waals surface area contributed by atoms with Gasteiger partial charge in [-0.05, 0) is 18.1 Å². The number of hydrogen-bond donors (Lipinski definition) is 4. The molecule has 0 aliphatic carbocycles. The Hall–Kier alpha value is -2.11. The number of aromatic carboxylic acids is 1. The molecule has 1 atom stereocenters. The Labute approximate surface area is 132 Å². The molecule has 0 saturated heterocycles. The van der Waals surface area contributed by atoms with Gasteiger partial charge in [0, 0.05) is 0 Å². The molecule has 1 aromatic carbocycles. The second kappa shape index (κ2) is 6.56. The van der Waals surface area contributed by atoms with Gasteiger partial charge >= 0.3 is 13.1 Å². The fourth-order valence-corrected chi connectivity index (χ4v) is 2.56. The highest BCUT2D eigenvalue weighted by Crippen LogP contribution is 2.29. The Morgan fingerprint density at radius 3 is 2.74 bits per heavy atom. The van der Waals surface area contributed by atoms with Gasteiger partial charge in [0.1, 0.15) is 5.75 Å². The first-order valence-electron chi connectivity index (χ1n) is 6.61. The molecule has 11 heteroatoms. The van der Waals surface area contributed by atoms with Gasteiger partial charge in [-0.25, -0.2) is 17.9 Å². The van der Waals surface area contributed by atoms with Crippen LogP contribution in [0.2, 0.25) is 0 Å². The van der Waals surface area contributed by atoms with Crippen LogP contribution in [0.15, 0.2) is 18.2 Å². The standard InChI is InChI=1S/C12H15BN2O7S/c1-23(20,21)14-6-10(16)15-9-5-7-3-2-4-8(12(17)18)11(7)22-13(9)19/h2-4,9,14,19H,5-6H2,1H3,(H,15,16)(H,17,18)/t9-/m0/s1. The lowest BCUT2D eigenvalue weighted by atomic mass is 9.72. The van der Waals surface area contributed by atoms with Crippen molar-refractivity contribution in [3.63, 3.8) is 0 Å². The molecular formula is C12H15BN2O7S. The molecule has 0 aromatic heterocycles. The maximum Gasteiger partial charge on any atom is 0.547 e. The highest BCUT2D eigenvalue weighted by Gasteiger charge is 2.37. The average Bonchev–Trinajstić information content (AvgIpc) is 2.44. The summed E-state index contributed by atoms with van der Waals surface area (Å²) in [5.74, 6) is -2.58. The van der Waals surface area contributed by atoms with Gasteiger partial charge in [-0.3, -0.25) is 4.79 Å². The molecule has 0 fully saturated rings. The van der Waals surface area contributed by atoms with Crippen molar-refractivity contribution in [2.75, 3.05) is 12.8 Å². The Morgan fingerprint density at radius 2 is 2.13 bits per heavy atom. The minimum Gasteiger partial charge on any atom is -0.534 e. The summed E-state index contributed by atoms with van der Waals surface area (Å²) in [6.45, 7) is -0.468. The third-order valence-electron chi connectivity index (χ3n) is 3.19. The molecule has 1 aromatic rings. The molecule has 1 heterocycles. The first-order chi connectivity index (χ1) is 10.7. The molecule has 124 valence electrons. The van der Waals surface area contributed by atoms with E-state index in [-0.39, 0.29) is 17.7 Å². The smallest absolute Gasteiger partial charge is 0.534 e. The zero-order valence-electron chi connectivity index (χ0n) is 12.1. The van der Waals surface area contributed by atoms with Crippen LogP contribution in [0.3, 0.4) is 0 Å². The number of amides is 1. The number of nitrogens with one attached hydrogen (secondary N) is 2. The van der Waals surface area contributed by atoms with Crippen molar-refractivity contribution >= 4 is 29.0 Å². The van der Waals surface area contributed by atoms with E-state index < -0.39 is 41.5 Å². The molecule has 0 unspecified atom stereocenters. The average molecular weight is 342 g/mol. The van der Waals surface area contributed by atoms with Crippen LogP contribution in [0.5, 0.6) is 5.75 Å². The van der Waals surface area contributed by atoms with Crippen molar-refractivity contribution in [1.29, 1.82) is 0 Å². The van der Waals surface area contributed by atoms with Crippen molar-refractivity contribution in [3.8, 4) is 5.75 Å². The van der Waals surface area contributed by atoms with Crippen molar-refractivity contribution in [1.82, 2.24) is 10.0 Å². The van der Waals surface area contributed by atoms with Crippen LogP contribution >= 0.6 is 0 Å². The van der Waals surface area contributed by atoms with Gasteiger partial charge < -0.3 is 20.1 Å². The quantitative estimate of drug-likeness (QED) is 0.471. The number of benzene rings is 1. The van der Waals surface area contributed by atoms with Crippen molar-refractivity contribution in [2.45, 2.75) is 12.4 Å². The summed E-state index contributed by atoms with van der Waals surface area (Å²) >= 11 is 0. The Balaban J connectivity index is 2.08. The fraction of sp³-hybridized carbons (Fsp3) is 0.333. The number of hydrogen-bond acceptors (Lipinski definition) is 6. The molecule has 1 amide bonds. The van der Waals surface area contributed by atoms with Crippen LogP contribution in [0.4, 0.5) is 0 Å². The highest BCUT2D eigenvalue weighted by molar-refractivity contribution is 7.88. The van der Waals surface area contributed by atoms with Crippen LogP contribution in [0.25, 0.3) is 0 Å². The zero-order chi connectivity index (χ0) is 17.2. The number of rotatable bonds is 5. The molecule has 0 saturated carbocycles. The van der Waals surface area contributed by atoms with E-state index in [1.165, 1.54) is 12.1 Å². The number of carboxylic acids is 1. The van der Waals surface area contributed by atoms with Crippen molar-refractivity contribution < 1.29 is 32.8 Å². The summed E-state index contributed by atoms with van der Waals surface area (Å²) in [4.78, 5) is 22.8. The normalized spacial score (nSPS) is 17.1. The van der Waals surface area contributed by atoms with Gasteiger partial charge in [-0.15, -0.1) is 0 Å². The zero-order valence-corrected chi connectivity index (χ0v) is 13.0. The summed E-state index contributed by atoms with van der Waals surface area (Å²) in [6, 6.07) is 4.51. The van der Waals surface area contributed by atoms with E-state index in [1.807, 2.05) is 4.72 Å². The molecular weight excluding hydrogens is 327 g/mol. The first-order valence-corrected chi connectivity index (χ1v) is 8.50. The summed E-state index contributed by atoms with van der Waals surface area (Å²) < 4.78 is 29.1. The molecule has 0 radical (unpaired) electrons. The van der Waals surface area contributed by atoms with Crippen LogP contribution in [0.1, 0.15) is 15.9 Å². The number of para-hydroxylation sites is 1. The van der Waals surface area contributed by atoms with E-state index in [2.05, 4.69) is 5.32 Å². The van der Waals surface area contributed by atoms with Crippen LogP contribution in [-0.2, 0) is 21.2 Å². The summed E-state index contributed by atoms with van der Waals surface area (Å²) in [5.41, 5.74) is 0.446. The second-order valence-corrected chi connectivity index (χ2v) is 6.91. The maximum absolute atomic E-state index is 11.7. The van der Waals surface area contributed by atoms with Crippen LogP contribution in [0, 0.1) is 0 Å². The minimum atomic E-state index is -3.51. The third kappa shape index (κ3) is 4.44. The molecule has 2 rings (SSSR count). The Kier molecular flexibility index (Phi) is 4.92. The van der Waals surface area contributed by atoms with Gasteiger partial charge in [0.25, 0.3) is 0 Å². The molecule has 1 aliphatic rings. The third-order valence-corrected chi connectivity index (χ3v) is 3.86. The lowest BCUT2D eigenvalue weighted by molar-refractivity contribution is -0.120. The first kappa shape index (κ1) is 17.3. The monoisotopic (exact) mass is 342 g/mol. The number of carbonyl (C=O) groups excluding carboxylic acids is 1. The largest absolute Gasteiger partial charge is 0.547 e. The second-order valence-electron chi connectivity index (χ2n) is 5.08. The molecule has 0 bridgehead atoms. The van der Waals surface area contributed by atoms with Crippen LogP contribution in [-0.4, -0.2) is 56.3 Å². The lowest BCUT2D eigenvalue weighted by Gasteiger charge is -2.28. The van der Waals surface area contributed by atoms with E-state index in [0.29, 0.717) is 5.56 Å². The van der Waals surface area contributed by atoms with Crippen LogP contribution < -0.4 is 14.7 Å². The molecule has 4 N–H and O–H groups in total. The predicted molar refractivity (Wildman–Crippen MR) is 80.5 cm³/mol. The predicted octanol–water partition coefficient (Wildman–Crippen LogP) is -1.63. The fourth-order valence-electron chi connectivity index (χ4n) is 2.17. The molecule has 0 spiro atoms. The van der Waals surface area contributed by atoms with E-state index in [1.54, 1.807) is 6.07 Å². The summed E-state index contributed by atoms with van der Waals surface area (Å²) in [7, 11) is -4.95. The van der Waals surface area contributed by atoms with E-state index in [9.17, 15) is 23.0 Å². The van der Waals surface area contributed by atoms with Gasteiger partial charge in [0.2, 0.25) is 15.9 Å². The maximum atomic E-state index is 11.7. The minimum absolute atomic E-state index is 0.0623. The number of carboxylic acid groups (broad SMARTS) is 1. The molecule has 1 aliphatic heterocycles. The van der Waals surface area contributed by atoms with Gasteiger partial charge in [0.15, 0.2) is 0 Å². The van der Waals surface area contributed by atoms with E-state index in [4.69, 9.17) is 9.76 Å². The summed E-state index contributed by atoms with van der Waals surface area (Å²) in [6.07, 6.45) is 1.07. The Bertz CT molecular complexity index is 737. The number of fused-ring (bicyclic) bond motifs is 1. The van der Waals surface area contributed by atoms with E-state index in [0.717, 1.165) is 6.26 Å². The molecule has 23 heavy (non-hydrogen) atoms. The van der Waals surface area contributed by atoms with Crippen molar-refractivity contribution in [3.05, 3.63) is 29.3 Å². The molecule has 9 nitrogen and oxygen atoms in total. The SMILES string of the molecule is CS(=O)(=O)NCC(=O)N[C@H]1Cc2cccc(C(=O)O)c2OB1O. The van der Waals surface area contributed by atoms with Gasteiger partial charge in [-0.1, -0.05) is 12.1 Å².